The second-order valence-electron chi connectivity index (χ2n) is 8.76. The molecule has 0 heterocycles. The van der Waals surface area contributed by atoms with Crippen molar-refractivity contribution in [2.45, 2.75) is 71.8 Å². The molecule has 2 amide bonds. The Kier molecular flexibility index (Phi) is 10.7. The topological polar surface area (TPSA) is 120 Å². The van der Waals surface area contributed by atoms with Crippen molar-refractivity contribution in [1.82, 2.24) is 10.6 Å². The number of methoxy groups -OCH3 is 1. The van der Waals surface area contributed by atoms with Crippen LogP contribution in [0.4, 0.5) is 4.79 Å². The molecule has 0 fully saturated rings. The molecule has 0 aliphatic heterocycles. The van der Waals surface area contributed by atoms with Crippen LogP contribution in [0.5, 0.6) is 0 Å². The maximum Gasteiger partial charge on any atom is 0.408 e. The predicted molar refractivity (Wildman–Crippen MR) is 117 cm³/mol. The number of alkyl carbamates (subject to hydrolysis) is 1. The fourth-order valence-electron chi connectivity index (χ4n) is 2.77. The number of benzene rings is 1. The van der Waals surface area contributed by atoms with Crippen molar-refractivity contribution in [1.29, 1.82) is 0 Å². The molecular weight excluding hydrogens is 416 g/mol. The number of amides is 2. The summed E-state index contributed by atoms with van der Waals surface area (Å²) in [5.74, 6) is -2.03. The van der Waals surface area contributed by atoms with Crippen LogP contribution in [0.2, 0.25) is 0 Å². The minimum absolute atomic E-state index is 0.0477. The highest BCUT2D eigenvalue weighted by atomic mass is 16.6. The van der Waals surface area contributed by atoms with Gasteiger partial charge in [0.25, 0.3) is 0 Å². The maximum atomic E-state index is 12.8. The zero-order valence-corrected chi connectivity index (χ0v) is 19.6. The Morgan fingerprint density at radius 1 is 0.969 bits per heavy atom. The van der Waals surface area contributed by atoms with Gasteiger partial charge in [-0.05, 0) is 38.7 Å². The number of esters is 2. The van der Waals surface area contributed by atoms with Gasteiger partial charge in [0.1, 0.15) is 24.3 Å². The molecule has 0 unspecified atom stereocenters. The van der Waals surface area contributed by atoms with Gasteiger partial charge >= 0.3 is 18.0 Å². The molecule has 0 aromatic heterocycles. The summed E-state index contributed by atoms with van der Waals surface area (Å²) < 4.78 is 15.1. The van der Waals surface area contributed by atoms with Crippen molar-refractivity contribution >= 4 is 23.9 Å². The predicted octanol–water partition coefficient (Wildman–Crippen LogP) is 2.72. The van der Waals surface area contributed by atoms with Crippen LogP contribution < -0.4 is 10.6 Å². The zero-order chi connectivity index (χ0) is 24.3. The lowest BCUT2D eigenvalue weighted by Gasteiger charge is -2.24. The van der Waals surface area contributed by atoms with E-state index < -0.39 is 48.0 Å². The fraction of sp³-hybridized carbons (Fsp3) is 0.565. The third kappa shape index (κ3) is 10.8. The SMILES string of the molecule is COC(=O)[C@H](CC(=O)OC(C)(C)C)NC(=O)[C@H](CC(C)C)NC(=O)OCc1ccccc1. The summed E-state index contributed by atoms with van der Waals surface area (Å²) in [7, 11) is 1.15. The Hall–Kier alpha value is -3.10. The molecule has 2 atom stereocenters. The van der Waals surface area contributed by atoms with Crippen molar-refractivity contribution in [2.75, 3.05) is 7.11 Å². The molecule has 0 aliphatic carbocycles. The second kappa shape index (κ2) is 12.7. The molecule has 9 heteroatoms. The van der Waals surface area contributed by atoms with Gasteiger partial charge in [-0.3, -0.25) is 9.59 Å². The molecule has 1 aromatic rings. The van der Waals surface area contributed by atoms with Crippen LogP contribution in [0.1, 0.15) is 53.0 Å². The molecule has 0 radical (unpaired) electrons. The Morgan fingerprint density at radius 2 is 1.59 bits per heavy atom. The van der Waals surface area contributed by atoms with Gasteiger partial charge in [-0.1, -0.05) is 44.2 Å². The minimum atomic E-state index is -1.25. The van der Waals surface area contributed by atoms with Crippen LogP contribution >= 0.6 is 0 Å². The molecule has 1 aromatic carbocycles. The molecule has 0 saturated carbocycles. The molecule has 1 rings (SSSR count). The minimum Gasteiger partial charge on any atom is -0.467 e. The number of carbonyl (C=O) groups excluding carboxylic acids is 4. The van der Waals surface area contributed by atoms with Gasteiger partial charge in [0.05, 0.1) is 13.5 Å². The number of carbonyl (C=O) groups is 4. The summed E-state index contributed by atoms with van der Waals surface area (Å²) >= 11 is 0. The smallest absolute Gasteiger partial charge is 0.408 e. The number of nitrogens with one attached hydrogen (secondary N) is 2. The van der Waals surface area contributed by atoms with Crippen LogP contribution in [-0.4, -0.2) is 48.7 Å². The Bertz CT molecular complexity index is 772. The van der Waals surface area contributed by atoms with Crippen molar-refractivity contribution in [3.63, 3.8) is 0 Å². The molecule has 0 bridgehead atoms. The van der Waals surface area contributed by atoms with Gasteiger partial charge in [-0.15, -0.1) is 0 Å². The van der Waals surface area contributed by atoms with E-state index in [0.29, 0.717) is 6.42 Å². The van der Waals surface area contributed by atoms with Gasteiger partial charge in [0, 0.05) is 0 Å². The van der Waals surface area contributed by atoms with Crippen LogP contribution in [0.3, 0.4) is 0 Å². The van der Waals surface area contributed by atoms with Crippen molar-refractivity contribution in [3.8, 4) is 0 Å². The van der Waals surface area contributed by atoms with Gasteiger partial charge in [0.2, 0.25) is 5.91 Å². The molecule has 2 N–H and O–H groups in total. The molecule has 0 aliphatic rings. The van der Waals surface area contributed by atoms with E-state index in [9.17, 15) is 19.2 Å². The molecule has 178 valence electrons. The first kappa shape index (κ1) is 26.9. The summed E-state index contributed by atoms with van der Waals surface area (Å²) in [6.07, 6.45) is -0.869. The molecule has 0 spiro atoms. The monoisotopic (exact) mass is 450 g/mol. The normalized spacial score (nSPS) is 13.0. The largest absolute Gasteiger partial charge is 0.467 e. The lowest BCUT2D eigenvalue weighted by molar-refractivity contribution is -0.159. The number of hydrogen-bond acceptors (Lipinski definition) is 7. The van der Waals surface area contributed by atoms with E-state index in [1.165, 1.54) is 0 Å². The third-order valence-electron chi connectivity index (χ3n) is 4.12. The van der Waals surface area contributed by atoms with Crippen LogP contribution in [0.15, 0.2) is 30.3 Å². The fourth-order valence-corrected chi connectivity index (χ4v) is 2.77. The zero-order valence-electron chi connectivity index (χ0n) is 19.6. The first-order valence-corrected chi connectivity index (χ1v) is 10.5. The Labute approximate surface area is 189 Å². The quantitative estimate of drug-likeness (QED) is 0.415. The Morgan fingerprint density at radius 3 is 2.12 bits per heavy atom. The number of rotatable bonds is 10. The highest BCUT2D eigenvalue weighted by molar-refractivity contribution is 5.91. The lowest BCUT2D eigenvalue weighted by atomic mass is 10.0. The highest BCUT2D eigenvalue weighted by Gasteiger charge is 2.31. The molecule has 32 heavy (non-hydrogen) atoms. The van der Waals surface area contributed by atoms with E-state index in [1.54, 1.807) is 20.8 Å². The Balaban J connectivity index is 2.80. The second-order valence-corrected chi connectivity index (χ2v) is 8.76. The molecule has 0 saturated heterocycles. The average Bonchev–Trinajstić information content (AvgIpc) is 2.69. The van der Waals surface area contributed by atoms with E-state index in [1.807, 2.05) is 44.2 Å². The number of ether oxygens (including phenoxy) is 3. The van der Waals surface area contributed by atoms with E-state index in [4.69, 9.17) is 14.2 Å². The number of hydrogen-bond donors (Lipinski definition) is 2. The van der Waals surface area contributed by atoms with Crippen molar-refractivity contribution < 1.29 is 33.4 Å². The standard InChI is InChI=1S/C23H34N2O7/c1-15(2)12-17(25-22(29)31-14-16-10-8-7-9-11-16)20(27)24-18(21(28)30-6)13-19(26)32-23(3,4)5/h7-11,15,17-18H,12-14H2,1-6H3,(H,24,27)(H,25,29)/t17-,18-/m0/s1. The first-order chi connectivity index (χ1) is 14.9. The van der Waals surface area contributed by atoms with Gasteiger partial charge in [-0.2, -0.15) is 0 Å². The van der Waals surface area contributed by atoms with E-state index in [2.05, 4.69) is 10.6 Å². The lowest BCUT2D eigenvalue weighted by Crippen LogP contribution is -2.53. The van der Waals surface area contributed by atoms with Crippen LogP contribution in [-0.2, 0) is 35.2 Å². The average molecular weight is 451 g/mol. The van der Waals surface area contributed by atoms with Crippen LogP contribution in [0, 0.1) is 5.92 Å². The van der Waals surface area contributed by atoms with E-state index in [0.717, 1.165) is 12.7 Å². The summed E-state index contributed by atoms with van der Waals surface area (Å²) in [6.45, 7) is 8.90. The molecular formula is C23H34N2O7. The van der Waals surface area contributed by atoms with Crippen LogP contribution in [0.25, 0.3) is 0 Å². The van der Waals surface area contributed by atoms with Gasteiger partial charge in [-0.25, -0.2) is 9.59 Å². The summed E-state index contributed by atoms with van der Waals surface area (Å²) in [4.78, 5) is 49.4. The third-order valence-corrected chi connectivity index (χ3v) is 4.12. The first-order valence-electron chi connectivity index (χ1n) is 10.5. The van der Waals surface area contributed by atoms with Crippen molar-refractivity contribution in [2.24, 2.45) is 5.92 Å². The highest BCUT2D eigenvalue weighted by Crippen LogP contribution is 2.11. The van der Waals surface area contributed by atoms with Crippen molar-refractivity contribution in [3.05, 3.63) is 35.9 Å². The molecule has 9 nitrogen and oxygen atoms in total. The van der Waals surface area contributed by atoms with Gasteiger partial charge < -0.3 is 24.8 Å². The van der Waals surface area contributed by atoms with E-state index in [-0.39, 0.29) is 12.5 Å². The van der Waals surface area contributed by atoms with E-state index >= 15 is 0 Å². The van der Waals surface area contributed by atoms with Gasteiger partial charge in [0.15, 0.2) is 0 Å². The maximum absolute atomic E-state index is 12.8. The summed E-state index contributed by atoms with van der Waals surface area (Å²) in [6, 6.07) is 6.89. The summed E-state index contributed by atoms with van der Waals surface area (Å²) in [5, 5.41) is 5.02. The summed E-state index contributed by atoms with van der Waals surface area (Å²) in [5.41, 5.74) is 0.0575.